The molecule has 0 unspecified atom stereocenters. The second kappa shape index (κ2) is 13.0. The van der Waals surface area contributed by atoms with Crippen molar-refractivity contribution in [2.24, 2.45) is 5.10 Å². The molecule has 1 saturated heterocycles. The van der Waals surface area contributed by atoms with E-state index in [0.717, 1.165) is 0 Å². The Morgan fingerprint density at radius 1 is 1.02 bits per heavy atom. The summed E-state index contributed by atoms with van der Waals surface area (Å²) in [6, 6.07) is 16.5. The van der Waals surface area contributed by atoms with Gasteiger partial charge in [-0.15, -0.1) is 0 Å². The van der Waals surface area contributed by atoms with Crippen LogP contribution in [0.4, 0.5) is 14.5 Å². The molecule has 3 aromatic rings. The first-order valence-corrected chi connectivity index (χ1v) is 13.5. The van der Waals surface area contributed by atoms with E-state index in [4.69, 9.17) is 4.74 Å². The highest BCUT2D eigenvalue weighted by atomic mass is 19.1. The van der Waals surface area contributed by atoms with Crippen LogP contribution >= 0.6 is 0 Å². The van der Waals surface area contributed by atoms with Gasteiger partial charge in [-0.05, 0) is 35.4 Å². The van der Waals surface area contributed by atoms with Crippen molar-refractivity contribution in [2.75, 3.05) is 45.9 Å². The average Bonchev–Trinajstić information content (AvgIpc) is 3.46. The molecule has 3 aromatic carbocycles. The lowest BCUT2D eigenvalue weighted by Crippen LogP contribution is -2.46. The van der Waals surface area contributed by atoms with Gasteiger partial charge in [0.2, 0.25) is 0 Å². The minimum atomic E-state index is -0.706. The Balaban J connectivity index is 1.44. The Morgan fingerprint density at radius 2 is 1.76 bits per heavy atom. The van der Waals surface area contributed by atoms with E-state index in [0.29, 0.717) is 49.7 Å². The molecule has 0 bridgehead atoms. The molecule has 2 heterocycles. The van der Waals surface area contributed by atoms with Crippen molar-refractivity contribution in [1.29, 1.82) is 0 Å². The normalized spacial score (nSPS) is 17.1. The lowest BCUT2D eigenvalue weighted by Gasteiger charge is -2.31. The maximum absolute atomic E-state index is 14.6. The summed E-state index contributed by atoms with van der Waals surface area (Å²) in [6.45, 7) is 2.66. The summed E-state index contributed by atoms with van der Waals surface area (Å²) < 4.78 is 33.6. The van der Waals surface area contributed by atoms with Crippen LogP contribution in [0.2, 0.25) is 0 Å². The number of nitro groups is 1. The molecule has 2 amide bonds. The molecule has 0 spiro atoms. The highest BCUT2D eigenvalue weighted by molar-refractivity contribution is 6.03. The van der Waals surface area contributed by atoms with Crippen LogP contribution in [0.15, 0.2) is 77.9 Å². The Bertz CT molecular complexity index is 1490. The summed E-state index contributed by atoms with van der Waals surface area (Å²) in [7, 11) is 0. The molecule has 1 atom stereocenters. The maximum atomic E-state index is 14.6. The van der Waals surface area contributed by atoms with E-state index in [9.17, 15) is 28.5 Å². The lowest BCUT2D eigenvalue weighted by atomic mass is 9.98. The second-order valence-electron chi connectivity index (χ2n) is 10.0. The van der Waals surface area contributed by atoms with Gasteiger partial charge in [0.25, 0.3) is 17.5 Å². The summed E-state index contributed by atoms with van der Waals surface area (Å²) >= 11 is 0. The smallest absolute Gasteiger partial charge is 0.269 e. The number of morpholine rings is 1. The minimum absolute atomic E-state index is 0.142. The Labute approximate surface area is 240 Å². The van der Waals surface area contributed by atoms with Crippen molar-refractivity contribution in [3.05, 3.63) is 111 Å². The zero-order valence-corrected chi connectivity index (χ0v) is 22.7. The van der Waals surface area contributed by atoms with Crippen LogP contribution in [0.1, 0.15) is 33.9 Å². The quantitative estimate of drug-likeness (QED) is 0.281. The van der Waals surface area contributed by atoms with E-state index in [-0.39, 0.29) is 24.2 Å². The van der Waals surface area contributed by atoms with Crippen LogP contribution in [0.25, 0.3) is 0 Å². The Kier molecular flexibility index (Phi) is 8.94. The van der Waals surface area contributed by atoms with Crippen LogP contribution in [0.5, 0.6) is 0 Å². The van der Waals surface area contributed by atoms with Crippen LogP contribution < -0.4 is 0 Å². The zero-order chi connectivity index (χ0) is 29.6. The van der Waals surface area contributed by atoms with Crippen molar-refractivity contribution in [3.63, 3.8) is 0 Å². The number of benzene rings is 3. The fourth-order valence-corrected chi connectivity index (χ4v) is 5.04. The number of hydrogen-bond acceptors (Lipinski definition) is 7. The van der Waals surface area contributed by atoms with Gasteiger partial charge < -0.3 is 9.64 Å². The second-order valence-corrected chi connectivity index (χ2v) is 10.0. The van der Waals surface area contributed by atoms with Gasteiger partial charge in [-0.2, -0.15) is 5.10 Å². The van der Waals surface area contributed by atoms with Gasteiger partial charge in [0.1, 0.15) is 18.2 Å². The van der Waals surface area contributed by atoms with Crippen molar-refractivity contribution >= 4 is 23.2 Å². The number of carbonyl (C=O) groups excluding carboxylic acids is 2. The van der Waals surface area contributed by atoms with E-state index in [2.05, 4.69) is 10.0 Å². The van der Waals surface area contributed by atoms with Gasteiger partial charge in [0, 0.05) is 44.7 Å². The number of amides is 2. The first kappa shape index (κ1) is 29.0. The lowest BCUT2D eigenvalue weighted by molar-refractivity contribution is -0.385. The zero-order valence-electron chi connectivity index (χ0n) is 22.7. The number of non-ortho nitro benzene ring substituents is 1. The number of hydrazone groups is 1. The van der Waals surface area contributed by atoms with Crippen molar-refractivity contribution < 1.29 is 28.0 Å². The van der Waals surface area contributed by atoms with Crippen LogP contribution in [-0.2, 0) is 9.53 Å². The molecular formula is C30H29F2N5O5. The Hall–Kier alpha value is -4.55. The molecule has 0 aromatic heterocycles. The number of hydrogen-bond donors (Lipinski definition) is 0. The first-order chi connectivity index (χ1) is 20.3. The van der Waals surface area contributed by atoms with E-state index in [1.165, 1.54) is 58.4 Å². The number of ether oxygens (including phenoxy) is 1. The predicted octanol–water partition coefficient (Wildman–Crippen LogP) is 4.03. The molecule has 5 rings (SSSR count). The van der Waals surface area contributed by atoms with Gasteiger partial charge in [-0.25, -0.2) is 13.8 Å². The topological polar surface area (TPSA) is 109 Å². The van der Waals surface area contributed by atoms with Crippen molar-refractivity contribution in [1.82, 2.24) is 14.8 Å². The fourth-order valence-electron chi connectivity index (χ4n) is 5.04. The molecule has 12 heteroatoms. The molecule has 0 N–H and O–H groups in total. The van der Waals surface area contributed by atoms with Crippen molar-refractivity contribution in [3.8, 4) is 0 Å². The summed E-state index contributed by atoms with van der Waals surface area (Å²) in [4.78, 5) is 41.7. The molecule has 42 heavy (non-hydrogen) atoms. The number of carbonyl (C=O) groups is 2. The minimum Gasteiger partial charge on any atom is -0.379 e. The molecule has 0 radical (unpaired) electrons. The highest BCUT2D eigenvalue weighted by Crippen LogP contribution is 2.34. The molecule has 0 aliphatic carbocycles. The molecule has 0 saturated carbocycles. The number of nitro benzene ring substituents is 1. The van der Waals surface area contributed by atoms with E-state index in [1.54, 1.807) is 24.3 Å². The molecule has 2 aliphatic heterocycles. The fraction of sp³-hybridized carbons (Fsp3) is 0.300. The molecular weight excluding hydrogens is 548 g/mol. The van der Waals surface area contributed by atoms with Crippen LogP contribution in [-0.4, -0.2) is 83.2 Å². The summed E-state index contributed by atoms with van der Waals surface area (Å²) in [5.74, 6) is -2.31. The highest BCUT2D eigenvalue weighted by Gasteiger charge is 2.35. The average molecular weight is 578 g/mol. The molecule has 10 nitrogen and oxygen atoms in total. The monoisotopic (exact) mass is 577 g/mol. The molecule has 2 aliphatic rings. The van der Waals surface area contributed by atoms with Gasteiger partial charge in [0.05, 0.1) is 35.5 Å². The predicted molar refractivity (Wildman–Crippen MR) is 150 cm³/mol. The molecule has 1 fully saturated rings. The van der Waals surface area contributed by atoms with Gasteiger partial charge >= 0.3 is 0 Å². The van der Waals surface area contributed by atoms with Crippen LogP contribution in [0.3, 0.4) is 0 Å². The number of nitrogens with zero attached hydrogens (tertiary/aromatic N) is 5. The molecule has 218 valence electrons. The number of rotatable bonds is 9. The number of halogens is 2. The van der Waals surface area contributed by atoms with Gasteiger partial charge in [-0.3, -0.25) is 24.6 Å². The van der Waals surface area contributed by atoms with Gasteiger partial charge in [-0.1, -0.05) is 36.4 Å². The summed E-state index contributed by atoms with van der Waals surface area (Å²) in [5, 5.41) is 17.2. The standard InChI is InChI=1S/C30H29F2N5O5/c31-23-10-8-21(9-11-23)27-19-28(22-4-3-5-24(18-22)37(40)41)36(33-27)29(38)20-35(13-12-34-14-16-42-17-15-34)30(39)25-6-1-2-7-26(25)32/h1-11,18,28H,12-17,19-20H2/t28-/m1/s1. The Morgan fingerprint density at radius 3 is 2.48 bits per heavy atom. The van der Waals surface area contributed by atoms with Gasteiger partial charge in [0.15, 0.2) is 0 Å². The van der Waals surface area contributed by atoms with E-state index < -0.39 is 41.0 Å². The van der Waals surface area contributed by atoms with E-state index >= 15 is 0 Å². The van der Waals surface area contributed by atoms with Crippen LogP contribution in [0, 0.1) is 21.7 Å². The third kappa shape index (κ3) is 6.67. The van der Waals surface area contributed by atoms with Crippen molar-refractivity contribution in [2.45, 2.75) is 12.5 Å². The van der Waals surface area contributed by atoms with E-state index in [1.807, 2.05) is 0 Å². The third-order valence-corrected chi connectivity index (χ3v) is 7.32. The SMILES string of the molecule is O=C(c1ccccc1F)N(CCN1CCOCC1)CC(=O)N1N=C(c2ccc(F)cc2)C[C@@H]1c1cccc([N+](=O)[O-])c1. The summed E-state index contributed by atoms with van der Waals surface area (Å²) in [6.07, 6.45) is 0.216. The third-order valence-electron chi connectivity index (χ3n) is 7.32. The maximum Gasteiger partial charge on any atom is 0.269 e. The largest absolute Gasteiger partial charge is 0.379 e. The summed E-state index contributed by atoms with van der Waals surface area (Å²) in [5.41, 5.74) is 1.27. The first-order valence-electron chi connectivity index (χ1n) is 13.5.